The number of hydrogen-bond donors (Lipinski definition) is 0. The molecular weight excluding hydrogens is 161 g/mol. The van der Waals surface area contributed by atoms with Crippen molar-refractivity contribution in [3.63, 3.8) is 0 Å². The van der Waals surface area contributed by atoms with Crippen molar-refractivity contribution in [2.24, 2.45) is 0 Å². The monoisotopic (exact) mass is 173 g/mol. The van der Waals surface area contributed by atoms with Crippen LogP contribution in [0.1, 0.15) is 5.56 Å². The van der Waals surface area contributed by atoms with Gasteiger partial charge in [-0.3, -0.25) is 0 Å². The Balaban J connectivity index is 0.00000144. The van der Waals surface area contributed by atoms with Gasteiger partial charge in [0.15, 0.2) is 0 Å². The van der Waals surface area contributed by atoms with E-state index in [0.29, 0.717) is 5.56 Å². The molecule has 0 aromatic heterocycles. The number of methoxy groups -OCH3 is 2. The second-order valence-electron chi connectivity index (χ2n) is 2.39. The van der Waals surface area contributed by atoms with E-state index in [1.807, 2.05) is 18.2 Å². The Hall–Kier alpha value is -0.303. The van der Waals surface area contributed by atoms with Crippen molar-refractivity contribution in [2.75, 3.05) is 14.2 Å². The summed E-state index contributed by atoms with van der Waals surface area (Å²) >= 11 is 0. The molecule has 0 aliphatic heterocycles. The summed E-state index contributed by atoms with van der Waals surface area (Å²) in [4.78, 5) is 0. The normalized spacial score (nSPS) is 10.7. The summed E-state index contributed by atoms with van der Waals surface area (Å²) in [5.41, 5.74) is 8.40. The molecule has 13 heavy (non-hydrogen) atoms. The molecule has 3 nitrogen and oxygen atoms in total. The fourth-order valence-corrected chi connectivity index (χ4v) is 0.977. The van der Waals surface area contributed by atoms with Crippen molar-refractivity contribution in [3.8, 4) is 0 Å². The summed E-state index contributed by atoms with van der Waals surface area (Å²) in [5.74, 6) is -1.37. The average Bonchev–Trinajstić information content (AvgIpc) is 2.18. The first-order valence-corrected chi connectivity index (χ1v) is 3.64. The first kappa shape index (κ1) is 12.7. The molecule has 1 aromatic rings. The molecule has 1 N–H and O–H groups in total. The summed E-state index contributed by atoms with van der Waals surface area (Å²) < 4.78 is 9.83. The van der Waals surface area contributed by atoms with Crippen molar-refractivity contribution >= 4 is 0 Å². The van der Waals surface area contributed by atoms with Crippen molar-refractivity contribution < 1.29 is 28.3 Å². The largest absolute Gasteiger partial charge is 1.00 e. The van der Waals surface area contributed by atoms with Crippen LogP contribution in [0.2, 0.25) is 0 Å². The number of ether oxygens (including phenoxy) is 2. The Morgan fingerprint density at radius 2 is 1.54 bits per heavy atom. The van der Waals surface area contributed by atoms with Gasteiger partial charge in [0.25, 0.3) is 0 Å². The predicted octanol–water partition coefficient (Wildman–Crippen LogP) is -0.854. The third-order valence-electron chi connectivity index (χ3n) is 1.73. The zero-order chi connectivity index (χ0) is 9.03. The summed E-state index contributed by atoms with van der Waals surface area (Å²) in [5, 5.41) is 0. The van der Waals surface area contributed by atoms with Gasteiger partial charge >= 0.3 is 18.9 Å². The minimum Gasteiger partial charge on any atom is -0.621 e. The molecule has 0 saturated heterocycles. The van der Waals surface area contributed by atoms with Crippen molar-refractivity contribution in [3.05, 3.63) is 41.6 Å². The minimum absolute atomic E-state index is 0. The van der Waals surface area contributed by atoms with Crippen LogP contribution in [0.5, 0.6) is 0 Å². The Morgan fingerprint density at radius 3 is 1.92 bits per heavy atom. The van der Waals surface area contributed by atoms with E-state index in [0.717, 1.165) is 0 Å². The van der Waals surface area contributed by atoms with Gasteiger partial charge in [0.2, 0.25) is 0 Å². The van der Waals surface area contributed by atoms with Crippen molar-refractivity contribution in [1.29, 1.82) is 0 Å². The minimum atomic E-state index is -1.37. The maximum Gasteiger partial charge on any atom is 1.00 e. The third kappa shape index (κ3) is 2.84. The molecular formula is C9H12LiNO2. The van der Waals surface area contributed by atoms with Crippen LogP contribution >= 0.6 is 0 Å². The molecule has 0 unspecified atom stereocenters. The molecule has 0 aliphatic carbocycles. The molecule has 0 spiro atoms. The smallest absolute Gasteiger partial charge is 0.621 e. The molecule has 0 fully saturated rings. The van der Waals surface area contributed by atoms with E-state index in [4.69, 9.17) is 15.2 Å². The fourth-order valence-electron chi connectivity index (χ4n) is 0.977. The van der Waals surface area contributed by atoms with Gasteiger partial charge in [-0.15, -0.1) is 0 Å². The van der Waals surface area contributed by atoms with Crippen LogP contribution in [-0.4, -0.2) is 14.2 Å². The topological polar surface area (TPSA) is 42.3 Å². The zero-order valence-corrected chi connectivity index (χ0v) is 8.20. The van der Waals surface area contributed by atoms with Gasteiger partial charge in [0.1, 0.15) is 5.91 Å². The van der Waals surface area contributed by atoms with E-state index in [1.165, 1.54) is 14.2 Å². The van der Waals surface area contributed by atoms with Crippen LogP contribution in [0.25, 0.3) is 5.73 Å². The number of benzene rings is 1. The van der Waals surface area contributed by atoms with Gasteiger partial charge < -0.3 is 15.2 Å². The molecule has 0 bridgehead atoms. The zero-order valence-electron chi connectivity index (χ0n) is 8.20. The molecule has 0 amide bonds. The average molecular weight is 173 g/mol. The predicted molar refractivity (Wildman–Crippen MR) is 46.5 cm³/mol. The number of rotatable bonds is 3. The molecule has 4 heteroatoms. The van der Waals surface area contributed by atoms with Crippen molar-refractivity contribution in [2.45, 2.75) is 5.91 Å². The Labute approximate surface area is 90.4 Å². The van der Waals surface area contributed by atoms with Gasteiger partial charge in [0, 0.05) is 14.2 Å². The summed E-state index contributed by atoms with van der Waals surface area (Å²) in [7, 11) is 2.90. The maximum absolute atomic E-state index is 7.71. The van der Waals surface area contributed by atoms with Gasteiger partial charge in [-0.1, -0.05) is 30.3 Å². The second-order valence-corrected chi connectivity index (χ2v) is 2.39. The quantitative estimate of drug-likeness (QED) is 0.441. The molecule has 0 heterocycles. The van der Waals surface area contributed by atoms with Crippen LogP contribution in [0.3, 0.4) is 0 Å². The Morgan fingerprint density at radius 1 is 1.08 bits per heavy atom. The van der Waals surface area contributed by atoms with E-state index in [2.05, 4.69) is 0 Å². The molecule has 66 valence electrons. The molecule has 0 saturated carbocycles. The first-order valence-electron chi connectivity index (χ1n) is 3.64. The van der Waals surface area contributed by atoms with Gasteiger partial charge in [-0.25, -0.2) is 0 Å². The van der Waals surface area contributed by atoms with Gasteiger partial charge in [-0.2, -0.15) is 0 Å². The van der Waals surface area contributed by atoms with Crippen LogP contribution in [0, 0.1) is 0 Å². The second kappa shape index (κ2) is 5.43. The van der Waals surface area contributed by atoms with E-state index in [9.17, 15) is 0 Å². The van der Waals surface area contributed by atoms with Crippen LogP contribution in [-0.2, 0) is 15.4 Å². The Bertz CT molecular complexity index is 237. The van der Waals surface area contributed by atoms with Crippen LogP contribution in [0.15, 0.2) is 30.3 Å². The molecule has 0 radical (unpaired) electrons. The molecule has 0 aliphatic rings. The van der Waals surface area contributed by atoms with Crippen LogP contribution in [0.4, 0.5) is 0 Å². The van der Waals surface area contributed by atoms with Crippen LogP contribution < -0.4 is 18.9 Å². The standard InChI is InChI=1S/C9H12NO2.Li/c1-11-9(10,12-2)8-6-4-3-5-7-8;/h3-7,10H,1-2H3;/q-1;+1. The third-order valence-corrected chi connectivity index (χ3v) is 1.73. The maximum atomic E-state index is 7.71. The number of nitrogens with one attached hydrogen (secondary N) is 1. The molecule has 1 rings (SSSR count). The summed E-state index contributed by atoms with van der Waals surface area (Å²) in [6.45, 7) is 0. The molecule has 0 atom stereocenters. The van der Waals surface area contributed by atoms with E-state index >= 15 is 0 Å². The fraction of sp³-hybridized carbons (Fsp3) is 0.333. The summed E-state index contributed by atoms with van der Waals surface area (Å²) in [6, 6.07) is 9.16. The van der Waals surface area contributed by atoms with Gasteiger partial charge in [0.05, 0.1) is 0 Å². The van der Waals surface area contributed by atoms with Gasteiger partial charge in [-0.05, 0) is 5.56 Å². The van der Waals surface area contributed by atoms with E-state index in [1.54, 1.807) is 12.1 Å². The SMILES string of the molecule is COC([NH-])(OC)c1ccccc1.[Li+]. The molecule has 1 aromatic carbocycles. The van der Waals surface area contributed by atoms with E-state index < -0.39 is 5.91 Å². The summed E-state index contributed by atoms with van der Waals surface area (Å²) in [6.07, 6.45) is 0. The first-order chi connectivity index (χ1) is 5.73. The van der Waals surface area contributed by atoms with E-state index in [-0.39, 0.29) is 18.9 Å². The number of hydrogen-bond acceptors (Lipinski definition) is 2. The Kier molecular flexibility index (Phi) is 5.31. The van der Waals surface area contributed by atoms with Crippen molar-refractivity contribution in [1.82, 2.24) is 0 Å².